The second-order valence-corrected chi connectivity index (χ2v) is 4.81. The summed E-state index contributed by atoms with van der Waals surface area (Å²) in [6, 6.07) is -0.417. The molecule has 1 atom stereocenters. The molecule has 0 aliphatic rings. The summed E-state index contributed by atoms with van der Waals surface area (Å²) in [5, 5.41) is 6.88. The van der Waals surface area contributed by atoms with Gasteiger partial charge in [-0.25, -0.2) is 4.68 Å². The van der Waals surface area contributed by atoms with Crippen LogP contribution in [0.5, 0.6) is 0 Å². The van der Waals surface area contributed by atoms with Gasteiger partial charge in [-0.05, 0) is 29.8 Å². The predicted octanol–water partition coefficient (Wildman–Crippen LogP) is 0.821. The molecule has 0 fully saturated rings. The van der Waals surface area contributed by atoms with Gasteiger partial charge in [0.1, 0.15) is 10.5 Å². The zero-order valence-corrected chi connectivity index (χ0v) is 12.5. The molecule has 0 aliphatic carbocycles. The highest BCUT2D eigenvalue weighted by Crippen LogP contribution is 2.17. The number of hydrogen-bond donors (Lipinski definition) is 1. The Labute approximate surface area is 114 Å². The zero-order chi connectivity index (χ0) is 13.9. The van der Waals surface area contributed by atoms with E-state index in [2.05, 4.69) is 26.3 Å². The summed E-state index contributed by atoms with van der Waals surface area (Å²) in [5.74, 6) is -0.0370. The van der Waals surface area contributed by atoms with Gasteiger partial charge in [-0.1, -0.05) is 0 Å². The molecular weight excluding hydrogens is 300 g/mol. The Hall–Kier alpha value is -1.37. The van der Waals surface area contributed by atoms with E-state index in [-0.39, 0.29) is 11.5 Å². The van der Waals surface area contributed by atoms with Crippen LogP contribution in [0.1, 0.15) is 13.8 Å². The normalized spacial score (nSPS) is 12.1. The van der Waals surface area contributed by atoms with E-state index >= 15 is 0 Å². The maximum absolute atomic E-state index is 11.9. The lowest BCUT2D eigenvalue weighted by molar-refractivity contribution is -0.130. The number of nitrogens with one attached hydrogen (secondary N) is 1. The highest BCUT2D eigenvalue weighted by atomic mass is 79.9. The van der Waals surface area contributed by atoms with Crippen molar-refractivity contribution >= 4 is 27.5 Å². The molecule has 1 aromatic heterocycles. The fourth-order valence-electron chi connectivity index (χ4n) is 1.39. The first-order chi connectivity index (χ1) is 8.38. The lowest BCUT2D eigenvalue weighted by Gasteiger charge is -2.21. The van der Waals surface area contributed by atoms with Gasteiger partial charge in [-0.2, -0.15) is 5.10 Å². The molecule has 1 unspecified atom stereocenters. The van der Waals surface area contributed by atoms with E-state index in [9.17, 15) is 9.59 Å². The van der Waals surface area contributed by atoms with Gasteiger partial charge in [0.2, 0.25) is 5.91 Å². The van der Waals surface area contributed by atoms with E-state index in [0.717, 1.165) is 0 Å². The van der Waals surface area contributed by atoms with Crippen LogP contribution in [0.2, 0.25) is 0 Å². The Morgan fingerprint density at radius 3 is 2.83 bits per heavy atom. The molecule has 0 aromatic carbocycles. The summed E-state index contributed by atoms with van der Waals surface area (Å²) in [6.07, 6.45) is 1.52. The van der Waals surface area contributed by atoms with Gasteiger partial charge in [0.15, 0.2) is 0 Å². The number of carbonyl (C=O) groups excluding carboxylic acids is 1. The molecule has 100 valence electrons. The van der Waals surface area contributed by atoms with Crippen molar-refractivity contribution in [1.29, 1.82) is 0 Å². The SMILES string of the molecule is CCN(C)C(=O)C(C)Nc1cnn(C)c(=O)c1Br. The van der Waals surface area contributed by atoms with Gasteiger partial charge in [-0.3, -0.25) is 9.59 Å². The number of rotatable bonds is 4. The van der Waals surface area contributed by atoms with Crippen molar-refractivity contribution in [2.75, 3.05) is 18.9 Å². The molecule has 1 aromatic rings. The molecule has 7 heteroatoms. The zero-order valence-electron chi connectivity index (χ0n) is 10.9. The van der Waals surface area contributed by atoms with E-state index in [1.165, 1.54) is 10.9 Å². The van der Waals surface area contributed by atoms with Gasteiger partial charge in [-0.15, -0.1) is 0 Å². The summed E-state index contributed by atoms with van der Waals surface area (Å²) in [4.78, 5) is 25.1. The van der Waals surface area contributed by atoms with Gasteiger partial charge >= 0.3 is 0 Å². The quantitative estimate of drug-likeness (QED) is 0.893. The molecular formula is C11H17BrN4O2. The van der Waals surface area contributed by atoms with Gasteiger partial charge in [0.05, 0.1) is 11.9 Å². The third-order valence-electron chi connectivity index (χ3n) is 2.67. The molecule has 0 bridgehead atoms. The average molecular weight is 317 g/mol. The van der Waals surface area contributed by atoms with E-state index in [4.69, 9.17) is 0 Å². The van der Waals surface area contributed by atoms with Crippen molar-refractivity contribution in [3.05, 3.63) is 21.0 Å². The van der Waals surface area contributed by atoms with Crippen LogP contribution in [-0.2, 0) is 11.8 Å². The highest BCUT2D eigenvalue weighted by Gasteiger charge is 2.18. The summed E-state index contributed by atoms with van der Waals surface area (Å²) in [5.41, 5.74) is 0.270. The topological polar surface area (TPSA) is 67.2 Å². The largest absolute Gasteiger partial charge is 0.372 e. The summed E-state index contributed by atoms with van der Waals surface area (Å²) in [7, 11) is 3.30. The number of halogens is 1. The van der Waals surface area contributed by atoms with Crippen LogP contribution >= 0.6 is 15.9 Å². The summed E-state index contributed by atoms with van der Waals surface area (Å²) >= 11 is 3.20. The number of likely N-dealkylation sites (N-methyl/N-ethyl adjacent to an activating group) is 1. The molecule has 0 spiro atoms. The van der Waals surface area contributed by atoms with Crippen molar-refractivity contribution in [2.45, 2.75) is 19.9 Å². The molecule has 0 aliphatic heterocycles. The third-order valence-corrected chi connectivity index (χ3v) is 3.44. The maximum Gasteiger partial charge on any atom is 0.282 e. The van der Waals surface area contributed by atoms with Gasteiger partial charge in [0, 0.05) is 20.6 Å². The van der Waals surface area contributed by atoms with Crippen LogP contribution < -0.4 is 10.9 Å². The van der Waals surface area contributed by atoms with Crippen molar-refractivity contribution in [3.63, 3.8) is 0 Å². The fourth-order valence-corrected chi connectivity index (χ4v) is 1.87. The van der Waals surface area contributed by atoms with Crippen molar-refractivity contribution in [3.8, 4) is 0 Å². The minimum absolute atomic E-state index is 0.0370. The highest BCUT2D eigenvalue weighted by molar-refractivity contribution is 9.10. The standard InChI is InChI=1S/C11H17BrN4O2/c1-5-15(3)10(17)7(2)14-8-6-13-16(4)11(18)9(8)12/h6-7,14H,5H2,1-4H3. The van der Waals surface area contributed by atoms with Crippen LogP contribution in [0.15, 0.2) is 15.5 Å². The molecule has 1 rings (SSSR count). The number of nitrogens with zero attached hydrogens (tertiary/aromatic N) is 3. The lowest BCUT2D eigenvalue weighted by atomic mass is 10.2. The van der Waals surface area contributed by atoms with Crippen molar-refractivity contribution in [1.82, 2.24) is 14.7 Å². The Balaban J connectivity index is 2.89. The van der Waals surface area contributed by atoms with Gasteiger partial charge in [0.25, 0.3) is 5.56 Å². The maximum atomic E-state index is 11.9. The van der Waals surface area contributed by atoms with E-state index < -0.39 is 6.04 Å². The first-order valence-corrected chi connectivity index (χ1v) is 6.41. The Morgan fingerprint density at radius 1 is 1.67 bits per heavy atom. The Kier molecular flexibility index (Phi) is 4.89. The van der Waals surface area contributed by atoms with Crippen LogP contribution in [0.4, 0.5) is 5.69 Å². The first kappa shape index (κ1) is 14.7. The van der Waals surface area contributed by atoms with Crippen molar-refractivity contribution < 1.29 is 4.79 Å². The molecule has 1 N–H and O–H groups in total. The fraction of sp³-hybridized carbons (Fsp3) is 0.545. The number of hydrogen-bond acceptors (Lipinski definition) is 4. The average Bonchev–Trinajstić information content (AvgIpc) is 2.37. The van der Waals surface area contributed by atoms with E-state index in [1.54, 1.807) is 25.9 Å². The lowest BCUT2D eigenvalue weighted by Crippen LogP contribution is -2.39. The van der Waals surface area contributed by atoms with E-state index in [0.29, 0.717) is 16.7 Å². The van der Waals surface area contributed by atoms with Crippen LogP contribution in [0.25, 0.3) is 0 Å². The molecule has 0 saturated heterocycles. The monoisotopic (exact) mass is 316 g/mol. The number of carbonyl (C=O) groups is 1. The third kappa shape index (κ3) is 3.10. The van der Waals surface area contributed by atoms with Crippen LogP contribution in [0, 0.1) is 0 Å². The summed E-state index contributed by atoms with van der Waals surface area (Å²) < 4.78 is 1.60. The van der Waals surface area contributed by atoms with E-state index in [1.807, 2.05) is 6.92 Å². The molecule has 1 heterocycles. The molecule has 1 amide bonds. The predicted molar refractivity (Wildman–Crippen MR) is 73.6 cm³/mol. The number of anilines is 1. The molecule has 0 radical (unpaired) electrons. The van der Waals surface area contributed by atoms with Crippen molar-refractivity contribution in [2.24, 2.45) is 7.05 Å². The minimum atomic E-state index is -0.417. The second kappa shape index (κ2) is 5.99. The molecule has 0 saturated carbocycles. The molecule has 6 nitrogen and oxygen atoms in total. The molecule has 18 heavy (non-hydrogen) atoms. The number of aromatic nitrogens is 2. The smallest absolute Gasteiger partial charge is 0.282 e. The first-order valence-electron chi connectivity index (χ1n) is 5.61. The second-order valence-electron chi connectivity index (χ2n) is 4.02. The van der Waals surface area contributed by atoms with Gasteiger partial charge < -0.3 is 10.2 Å². The number of amides is 1. The Morgan fingerprint density at radius 2 is 2.28 bits per heavy atom. The summed E-state index contributed by atoms with van der Waals surface area (Å²) in [6.45, 7) is 4.29. The Bertz CT molecular complexity index is 500. The minimum Gasteiger partial charge on any atom is -0.372 e. The number of aryl methyl sites for hydroxylation is 1. The van der Waals surface area contributed by atoms with Crippen LogP contribution in [0.3, 0.4) is 0 Å². The van der Waals surface area contributed by atoms with Crippen LogP contribution in [-0.4, -0.2) is 40.2 Å².